The first kappa shape index (κ1) is 29.3. The summed E-state index contributed by atoms with van der Waals surface area (Å²) >= 11 is 6.65. The molecule has 0 unspecified atom stereocenters. The second kappa shape index (κ2) is 12.6. The minimum atomic E-state index is -0.652. The molecule has 0 amide bonds. The maximum atomic E-state index is 10.5. The predicted molar refractivity (Wildman–Crippen MR) is 157 cm³/mol. The Kier molecular flexibility index (Phi) is 9.48. The van der Waals surface area contributed by atoms with E-state index in [9.17, 15) is 10.2 Å². The van der Waals surface area contributed by atoms with E-state index in [0.29, 0.717) is 46.0 Å². The summed E-state index contributed by atoms with van der Waals surface area (Å²) in [7, 11) is 4.01. The third-order valence-corrected chi connectivity index (χ3v) is 7.95. The summed E-state index contributed by atoms with van der Waals surface area (Å²) in [6.07, 6.45) is 4.04. The van der Waals surface area contributed by atoms with Crippen LogP contribution >= 0.6 is 11.6 Å². The van der Waals surface area contributed by atoms with Gasteiger partial charge in [-0.3, -0.25) is 0 Å². The lowest BCUT2D eigenvalue weighted by atomic mass is 9.99. The van der Waals surface area contributed by atoms with Gasteiger partial charge in [0, 0.05) is 48.6 Å². The summed E-state index contributed by atoms with van der Waals surface area (Å²) in [6.45, 7) is 7.44. The molecule has 1 aromatic carbocycles. The fourth-order valence-electron chi connectivity index (χ4n) is 5.31. The van der Waals surface area contributed by atoms with Crippen molar-refractivity contribution < 1.29 is 14.9 Å². The zero-order chi connectivity index (χ0) is 28.3. The van der Waals surface area contributed by atoms with Crippen molar-refractivity contribution >= 4 is 28.7 Å². The monoisotopic (exact) mass is 556 g/mol. The molecule has 2 aliphatic rings. The molecule has 10 heteroatoms. The molecule has 4 rings (SSSR count). The molecular formula is C29H41ClN6O3. The summed E-state index contributed by atoms with van der Waals surface area (Å²) in [5.74, 6) is 1.76. The van der Waals surface area contributed by atoms with Gasteiger partial charge in [-0.15, -0.1) is 0 Å². The number of likely N-dealkylation sites (N-methyl/N-ethyl adjacent to an activating group) is 1. The number of nitrogens with zero attached hydrogens (tertiary/aromatic N) is 4. The number of hydrogen-bond donors (Lipinski definition) is 4. The van der Waals surface area contributed by atoms with Crippen LogP contribution < -0.4 is 15.0 Å². The van der Waals surface area contributed by atoms with Crippen LogP contribution in [0, 0.1) is 12.3 Å². The molecule has 0 bridgehead atoms. The van der Waals surface area contributed by atoms with Crippen LogP contribution in [-0.4, -0.2) is 89.3 Å². The second-order valence-corrected chi connectivity index (χ2v) is 11.1. The first-order chi connectivity index (χ1) is 18.6. The molecule has 1 aliphatic heterocycles. The van der Waals surface area contributed by atoms with Gasteiger partial charge in [0.05, 0.1) is 16.3 Å². The number of piperidine rings is 1. The van der Waals surface area contributed by atoms with Gasteiger partial charge in [0.2, 0.25) is 0 Å². The van der Waals surface area contributed by atoms with Crippen LogP contribution in [0.15, 0.2) is 24.0 Å². The maximum absolute atomic E-state index is 10.5. The largest absolute Gasteiger partial charge is 0.512 e. The van der Waals surface area contributed by atoms with Crippen molar-refractivity contribution in [2.45, 2.75) is 64.6 Å². The average Bonchev–Trinajstić information content (AvgIpc) is 3.74. The Balaban J connectivity index is 1.72. The van der Waals surface area contributed by atoms with Crippen molar-refractivity contribution in [2.24, 2.45) is 0 Å². The van der Waals surface area contributed by atoms with Gasteiger partial charge in [0.15, 0.2) is 5.82 Å². The normalized spacial score (nSPS) is 17.8. The molecule has 1 atom stereocenters. The van der Waals surface area contributed by atoms with Crippen LogP contribution in [0.25, 0.3) is 17.0 Å². The number of nitrogens with one attached hydrogen (secondary N) is 2. The number of aliphatic hydroxyl groups excluding tert-OH is 2. The Morgan fingerprint density at radius 2 is 1.87 bits per heavy atom. The maximum Gasteiger partial charge on any atom is 0.163 e. The Hall–Kier alpha value is -2.72. The lowest BCUT2D eigenvalue weighted by molar-refractivity contribution is 0.108. The highest BCUT2D eigenvalue weighted by Crippen LogP contribution is 2.36. The van der Waals surface area contributed by atoms with Crippen molar-refractivity contribution in [2.75, 3.05) is 45.2 Å². The Bertz CT molecular complexity index is 1220. The van der Waals surface area contributed by atoms with E-state index in [1.54, 1.807) is 39.1 Å². The molecule has 0 radical (unpaired) electrons. The van der Waals surface area contributed by atoms with Crippen LogP contribution in [0.5, 0.6) is 5.75 Å². The zero-order valence-electron chi connectivity index (χ0n) is 23.6. The molecule has 2 fully saturated rings. The molecule has 1 aliphatic carbocycles. The van der Waals surface area contributed by atoms with E-state index in [1.165, 1.54) is 12.8 Å². The summed E-state index contributed by atoms with van der Waals surface area (Å²) in [5.41, 5.74) is 2.54. The summed E-state index contributed by atoms with van der Waals surface area (Å²) < 4.78 is 5.82. The second-order valence-electron chi connectivity index (χ2n) is 10.7. The minimum absolute atomic E-state index is 0.0349. The van der Waals surface area contributed by atoms with Gasteiger partial charge in [0.25, 0.3) is 0 Å². The molecule has 1 saturated heterocycles. The summed E-state index contributed by atoms with van der Waals surface area (Å²) in [6, 6.07) is 6.55. The number of halogens is 1. The molecular weight excluding hydrogens is 516 g/mol. The van der Waals surface area contributed by atoms with Gasteiger partial charge in [0.1, 0.15) is 30.0 Å². The first-order valence-corrected chi connectivity index (χ1v) is 14.0. The van der Waals surface area contributed by atoms with Gasteiger partial charge in [-0.05, 0) is 78.7 Å². The van der Waals surface area contributed by atoms with E-state index >= 15 is 0 Å². The number of rotatable bonds is 11. The van der Waals surface area contributed by atoms with Gasteiger partial charge in [-0.2, -0.15) is 0 Å². The van der Waals surface area contributed by atoms with Gasteiger partial charge < -0.3 is 35.5 Å². The van der Waals surface area contributed by atoms with Crippen LogP contribution in [0.2, 0.25) is 5.02 Å². The van der Waals surface area contributed by atoms with E-state index in [1.807, 2.05) is 6.92 Å². The highest BCUT2D eigenvalue weighted by molar-refractivity contribution is 6.33. The third-order valence-electron chi connectivity index (χ3n) is 7.62. The highest BCUT2D eigenvalue weighted by atomic mass is 35.5. The average molecular weight is 557 g/mol. The molecule has 1 saturated carbocycles. The fourth-order valence-corrected chi connectivity index (χ4v) is 5.52. The number of hydrogen-bond acceptors (Lipinski definition) is 9. The lowest BCUT2D eigenvalue weighted by Gasteiger charge is -2.38. The Labute approximate surface area is 236 Å². The number of aliphatic hydroxyl groups is 2. The lowest BCUT2D eigenvalue weighted by Crippen LogP contribution is -2.44. The number of anilines is 1. The SMILES string of the molecule is CNC[C@@H](O)COc1ccc(Cl)c(-c2nc(/C(C(C)=N)=C(\C)O)c(C)c(N3CCC(N(C)C4CC4)CC3)n2)c1. The smallest absolute Gasteiger partial charge is 0.163 e. The Morgan fingerprint density at radius 3 is 2.46 bits per heavy atom. The van der Waals surface area contributed by atoms with E-state index in [2.05, 4.69) is 22.2 Å². The molecule has 1 aromatic heterocycles. The molecule has 9 nitrogen and oxygen atoms in total. The van der Waals surface area contributed by atoms with Crippen LogP contribution in [0.3, 0.4) is 0 Å². The van der Waals surface area contributed by atoms with Crippen molar-refractivity contribution in [3.05, 3.63) is 40.2 Å². The van der Waals surface area contributed by atoms with Crippen LogP contribution in [-0.2, 0) is 0 Å². The van der Waals surface area contributed by atoms with E-state index in [0.717, 1.165) is 43.4 Å². The summed E-state index contributed by atoms with van der Waals surface area (Å²) in [5, 5.41) is 32.3. The number of ether oxygens (including phenoxy) is 1. The number of allylic oxidation sites excluding steroid dienone is 2. The fraction of sp³-hybridized carbons (Fsp3) is 0.552. The van der Waals surface area contributed by atoms with Gasteiger partial charge in [-0.25, -0.2) is 9.97 Å². The molecule has 4 N–H and O–H groups in total. The van der Waals surface area contributed by atoms with Crippen molar-refractivity contribution in [3.63, 3.8) is 0 Å². The zero-order valence-corrected chi connectivity index (χ0v) is 24.3. The van der Waals surface area contributed by atoms with Crippen LogP contribution in [0.1, 0.15) is 50.8 Å². The van der Waals surface area contributed by atoms with Crippen molar-refractivity contribution in [1.29, 1.82) is 5.41 Å². The van der Waals surface area contributed by atoms with Gasteiger partial charge >= 0.3 is 0 Å². The van der Waals surface area contributed by atoms with E-state index in [-0.39, 0.29) is 18.1 Å². The van der Waals surface area contributed by atoms with E-state index < -0.39 is 6.10 Å². The molecule has 39 heavy (non-hydrogen) atoms. The standard InChI is InChI=1S/C29H41ClN6O3/c1-17-27(26(18(2)31)19(3)37)33-28(24-14-23(8-9-25(24)30)39-16-22(38)15-32-4)34-29(17)36-12-10-21(11-13-36)35(5)20-6-7-20/h8-9,14,20-22,31-32,37-38H,6-7,10-13,15-16H2,1-5H3/b26-19+,31-18?/t22-/m1/s1. The minimum Gasteiger partial charge on any atom is -0.512 e. The first-order valence-electron chi connectivity index (χ1n) is 13.7. The quantitative estimate of drug-likeness (QED) is 0.237. The summed E-state index contributed by atoms with van der Waals surface area (Å²) in [4.78, 5) is 14.7. The molecule has 2 heterocycles. The number of aromatic nitrogens is 2. The predicted octanol–water partition coefficient (Wildman–Crippen LogP) is 4.46. The van der Waals surface area contributed by atoms with Crippen molar-refractivity contribution in [3.8, 4) is 17.1 Å². The van der Waals surface area contributed by atoms with E-state index in [4.69, 9.17) is 31.7 Å². The molecule has 212 valence electrons. The van der Waals surface area contributed by atoms with Gasteiger partial charge in [-0.1, -0.05) is 11.6 Å². The molecule has 0 spiro atoms. The van der Waals surface area contributed by atoms with Crippen LogP contribution in [0.4, 0.5) is 5.82 Å². The third kappa shape index (κ3) is 6.90. The van der Waals surface area contributed by atoms with Crippen molar-refractivity contribution in [1.82, 2.24) is 20.2 Å². The topological polar surface area (TPSA) is 118 Å². The molecule has 2 aromatic rings. The number of benzene rings is 1. The highest BCUT2D eigenvalue weighted by Gasteiger charge is 2.34. The Morgan fingerprint density at radius 1 is 1.21 bits per heavy atom.